The number of aromatic nitrogens is 4. The van der Waals surface area contributed by atoms with E-state index in [4.69, 9.17) is 19.4 Å². The molecule has 12 aromatic rings. The van der Waals surface area contributed by atoms with Crippen LogP contribution >= 0.6 is 0 Å². The van der Waals surface area contributed by atoms with Gasteiger partial charge in [0.15, 0.2) is 11.6 Å². The summed E-state index contributed by atoms with van der Waals surface area (Å²) in [4.78, 5) is 15.8. The first kappa shape index (κ1) is 34.3. The van der Waals surface area contributed by atoms with Crippen LogP contribution in [0.15, 0.2) is 211 Å². The number of para-hydroxylation sites is 1. The van der Waals surface area contributed by atoms with E-state index < -0.39 is 5.41 Å². The van der Waals surface area contributed by atoms with Gasteiger partial charge in [0, 0.05) is 32.7 Å². The minimum absolute atomic E-state index is 0.449. The number of furan rings is 1. The molecule has 2 aliphatic carbocycles. The van der Waals surface area contributed by atoms with Crippen molar-refractivity contribution in [3.8, 4) is 62.1 Å². The second kappa shape index (κ2) is 12.8. The van der Waals surface area contributed by atoms with Gasteiger partial charge in [-0.2, -0.15) is 9.97 Å². The zero-order valence-corrected chi connectivity index (χ0v) is 33.8. The Bertz CT molecular complexity index is 3820. The van der Waals surface area contributed by atoms with E-state index in [-0.39, 0.29) is 0 Å². The molecule has 0 bridgehead atoms. The van der Waals surface area contributed by atoms with Crippen LogP contribution in [-0.4, -0.2) is 19.5 Å². The monoisotopic (exact) mass is 802 g/mol. The largest absolute Gasteiger partial charge is 0.456 e. The maximum absolute atomic E-state index is 6.59. The molecule has 0 fully saturated rings. The molecule has 3 aromatic heterocycles. The van der Waals surface area contributed by atoms with Crippen LogP contribution in [0.25, 0.3) is 106 Å². The van der Waals surface area contributed by atoms with Gasteiger partial charge in [0.25, 0.3) is 0 Å². The Balaban J connectivity index is 1.01. The average molecular weight is 803 g/mol. The van der Waals surface area contributed by atoms with Crippen molar-refractivity contribution < 1.29 is 4.42 Å². The Morgan fingerprint density at radius 3 is 1.52 bits per heavy atom. The number of rotatable bonds is 4. The molecule has 63 heavy (non-hydrogen) atoms. The minimum atomic E-state index is -0.449. The SMILES string of the molecule is c1ccc(-c2ccc3c(c2)oc2cc(-c4nc(-c5ccccc5)nc(-n5c6ccccc6c6cc7c(cc65)-c5ccccc5C75c6ccccc6-c6ccccc65)n4)ccc23)cc1. The van der Waals surface area contributed by atoms with Gasteiger partial charge in [-0.25, -0.2) is 4.98 Å². The lowest BCUT2D eigenvalue weighted by atomic mass is 9.70. The van der Waals surface area contributed by atoms with Gasteiger partial charge in [-0.15, -0.1) is 0 Å². The van der Waals surface area contributed by atoms with Crippen LogP contribution in [0.1, 0.15) is 22.3 Å². The van der Waals surface area contributed by atoms with Crippen LogP contribution in [0.2, 0.25) is 0 Å². The number of benzene rings is 9. The molecule has 0 radical (unpaired) electrons. The second-order valence-electron chi connectivity index (χ2n) is 16.7. The fraction of sp³-hybridized carbons (Fsp3) is 0.0172. The van der Waals surface area contributed by atoms with E-state index in [0.717, 1.165) is 66.0 Å². The van der Waals surface area contributed by atoms with E-state index >= 15 is 0 Å². The molecule has 0 saturated heterocycles. The molecule has 14 rings (SSSR count). The summed E-state index contributed by atoms with van der Waals surface area (Å²) in [5.74, 6) is 1.73. The highest BCUT2D eigenvalue weighted by molar-refractivity contribution is 6.12. The lowest BCUT2D eigenvalue weighted by molar-refractivity contribution is 0.669. The van der Waals surface area contributed by atoms with Crippen LogP contribution in [0, 0.1) is 0 Å². The zero-order valence-electron chi connectivity index (χ0n) is 33.8. The van der Waals surface area contributed by atoms with Gasteiger partial charge in [-0.05, 0) is 98.1 Å². The molecule has 2 aliphatic rings. The number of fused-ring (bicyclic) bond motifs is 16. The Morgan fingerprint density at radius 2 is 0.857 bits per heavy atom. The Kier molecular flexibility index (Phi) is 6.97. The zero-order chi connectivity index (χ0) is 41.2. The topological polar surface area (TPSA) is 56.7 Å². The summed E-state index contributed by atoms with van der Waals surface area (Å²) in [6.45, 7) is 0. The van der Waals surface area contributed by atoms with Crippen LogP contribution in [-0.2, 0) is 5.41 Å². The van der Waals surface area contributed by atoms with E-state index in [9.17, 15) is 0 Å². The van der Waals surface area contributed by atoms with Crippen LogP contribution in [0.4, 0.5) is 0 Å². The fourth-order valence-corrected chi connectivity index (χ4v) is 10.8. The highest BCUT2D eigenvalue weighted by Gasteiger charge is 2.51. The van der Waals surface area contributed by atoms with Crippen molar-refractivity contribution >= 4 is 43.7 Å². The molecule has 0 N–H and O–H groups in total. The molecule has 5 nitrogen and oxygen atoms in total. The average Bonchev–Trinajstić information content (AvgIpc) is 4.06. The minimum Gasteiger partial charge on any atom is -0.456 e. The number of hydrogen-bond donors (Lipinski definition) is 0. The summed E-state index contributed by atoms with van der Waals surface area (Å²) in [5.41, 5.74) is 17.6. The predicted molar refractivity (Wildman–Crippen MR) is 254 cm³/mol. The van der Waals surface area contributed by atoms with Crippen molar-refractivity contribution in [2.75, 3.05) is 0 Å². The third-order valence-electron chi connectivity index (χ3n) is 13.5. The molecule has 5 heteroatoms. The normalized spacial score (nSPS) is 13.2. The number of nitrogens with zero attached hydrogens (tertiary/aromatic N) is 4. The molecule has 0 amide bonds. The summed E-state index contributed by atoms with van der Waals surface area (Å²) in [7, 11) is 0. The predicted octanol–water partition coefficient (Wildman–Crippen LogP) is 14.2. The molecule has 0 aliphatic heterocycles. The molecule has 1 spiro atoms. The lowest BCUT2D eigenvalue weighted by Gasteiger charge is -2.30. The quantitative estimate of drug-likeness (QED) is 0.178. The first-order valence-electron chi connectivity index (χ1n) is 21.4. The second-order valence-corrected chi connectivity index (χ2v) is 16.7. The van der Waals surface area contributed by atoms with Crippen LogP contribution in [0.5, 0.6) is 0 Å². The maximum Gasteiger partial charge on any atom is 0.238 e. The molecule has 0 unspecified atom stereocenters. The molecular formula is C58H34N4O. The van der Waals surface area contributed by atoms with E-state index in [2.05, 4.69) is 187 Å². The van der Waals surface area contributed by atoms with Crippen molar-refractivity contribution in [3.63, 3.8) is 0 Å². The maximum atomic E-state index is 6.59. The van der Waals surface area contributed by atoms with Gasteiger partial charge in [0.2, 0.25) is 5.95 Å². The summed E-state index contributed by atoms with van der Waals surface area (Å²) in [5, 5.41) is 4.42. The third-order valence-corrected chi connectivity index (χ3v) is 13.5. The van der Waals surface area contributed by atoms with Gasteiger partial charge >= 0.3 is 0 Å². The Labute approximate surface area is 362 Å². The van der Waals surface area contributed by atoms with Crippen molar-refractivity contribution in [1.82, 2.24) is 19.5 Å². The number of hydrogen-bond acceptors (Lipinski definition) is 4. The third kappa shape index (κ3) is 4.73. The molecule has 9 aromatic carbocycles. The molecule has 3 heterocycles. The first-order chi connectivity index (χ1) is 31.2. The lowest BCUT2D eigenvalue weighted by Crippen LogP contribution is -2.25. The smallest absolute Gasteiger partial charge is 0.238 e. The fourth-order valence-electron chi connectivity index (χ4n) is 10.8. The molecular weight excluding hydrogens is 769 g/mol. The van der Waals surface area contributed by atoms with Crippen molar-refractivity contribution in [2.24, 2.45) is 0 Å². The van der Waals surface area contributed by atoms with E-state index in [1.165, 1.54) is 44.5 Å². The highest BCUT2D eigenvalue weighted by Crippen LogP contribution is 2.63. The standard InChI is InChI=1S/C58H34N4O/c1-3-15-35(16-4-1)37-27-29-43-44-30-28-38(32-54(44)63-53(43)31-37)56-59-55(36-17-5-2-6-18-36)60-57(61-56)62-51-26-14-10-22-42(51)46-33-50-45(34-52(46)62)41-21-9-13-25-49(41)58(50)47-23-11-7-19-39(47)40-20-8-12-24-48(40)58/h1-34H. The van der Waals surface area contributed by atoms with E-state index in [0.29, 0.717) is 17.6 Å². The van der Waals surface area contributed by atoms with Crippen LogP contribution in [0.3, 0.4) is 0 Å². The van der Waals surface area contributed by atoms with E-state index in [1.54, 1.807) is 0 Å². The Morgan fingerprint density at radius 1 is 0.333 bits per heavy atom. The summed E-state index contributed by atoms with van der Waals surface area (Å²) in [6.07, 6.45) is 0. The molecule has 0 atom stereocenters. The Hall–Kier alpha value is -8.41. The first-order valence-corrected chi connectivity index (χ1v) is 21.4. The summed E-state index contributed by atoms with van der Waals surface area (Å²) in [6, 6.07) is 73.7. The summed E-state index contributed by atoms with van der Waals surface area (Å²) < 4.78 is 8.82. The summed E-state index contributed by atoms with van der Waals surface area (Å²) >= 11 is 0. The molecule has 0 saturated carbocycles. The van der Waals surface area contributed by atoms with Crippen molar-refractivity contribution in [1.29, 1.82) is 0 Å². The van der Waals surface area contributed by atoms with Gasteiger partial charge in [0.1, 0.15) is 11.2 Å². The van der Waals surface area contributed by atoms with Gasteiger partial charge in [-0.3, -0.25) is 4.57 Å². The van der Waals surface area contributed by atoms with Crippen molar-refractivity contribution in [2.45, 2.75) is 5.41 Å². The molecule has 292 valence electrons. The highest BCUT2D eigenvalue weighted by atomic mass is 16.3. The van der Waals surface area contributed by atoms with Gasteiger partial charge < -0.3 is 4.42 Å². The van der Waals surface area contributed by atoms with E-state index in [1.807, 2.05) is 24.3 Å². The van der Waals surface area contributed by atoms with Gasteiger partial charge in [0.05, 0.1) is 16.4 Å². The van der Waals surface area contributed by atoms with Crippen LogP contribution < -0.4 is 0 Å². The van der Waals surface area contributed by atoms with Crippen molar-refractivity contribution in [3.05, 3.63) is 229 Å². The van der Waals surface area contributed by atoms with Gasteiger partial charge in [-0.1, -0.05) is 164 Å².